The summed E-state index contributed by atoms with van der Waals surface area (Å²) >= 11 is 0. The van der Waals surface area contributed by atoms with Gasteiger partial charge in [0.05, 0.1) is 17.5 Å². The number of cyclic esters (lactones) is 2. The van der Waals surface area contributed by atoms with Gasteiger partial charge >= 0.3 is 11.9 Å². The minimum atomic E-state index is -0.664. The molecule has 0 saturated heterocycles. The van der Waals surface area contributed by atoms with Crippen LogP contribution in [0, 0.1) is 0 Å². The largest absolute Gasteiger partial charge is 0.457 e. The fraction of sp³-hybridized carbons (Fsp3) is 0.152. The van der Waals surface area contributed by atoms with Gasteiger partial charge in [0.2, 0.25) is 0 Å². The van der Waals surface area contributed by atoms with E-state index in [2.05, 4.69) is 42.8 Å². The Balaban J connectivity index is 1.15. The van der Waals surface area contributed by atoms with Crippen molar-refractivity contribution >= 4 is 23.5 Å². The van der Waals surface area contributed by atoms with E-state index in [-0.39, 0.29) is 34.5 Å². The van der Waals surface area contributed by atoms with Crippen LogP contribution in [0.4, 0.5) is 0 Å². The zero-order chi connectivity index (χ0) is 27.3. The molecule has 4 aromatic carbocycles. The summed E-state index contributed by atoms with van der Waals surface area (Å²) in [7, 11) is 0. The molecule has 6 nitrogen and oxygen atoms in total. The average molecular weight is 517 g/mol. The lowest BCUT2D eigenvalue weighted by molar-refractivity contribution is 0.0443. The third kappa shape index (κ3) is 4.44. The minimum absolute atomic E-state index is 0.0255. The van der Waals surface area contributed by atoms with Crippen LogP contribution in [0.1, 0.15) is 84.0 Å². The van der Waals surface area contributed by atoms with E-state index in [4.69, 9.17) is 4.74 Å². The molecule has 0 atom stereocenters. The van der Waals surface area contributed by atoms with Crippen molar-refractivity contribution in [3.63, 3.8) is 0 Å². The molecule has 6 heteroatoms. The molecule has 0 radical (unpaired) electrons. The summed E-state index contributed by atoms with van der Waals surface area (Å²) in [6, 6.07) is 26.4. The van der Waals surface area contributed by atoms with Gasteiger partial charge in [-0.3, -0.25) is 9.59 Å². The molecule has 0 bridgehead atoms. The highest BCUT2D eigenvalue weighted by Gasteiger charge is 2.30. The number of esters is 2. The van der Waals surface area contributed by atoms with Crippen LogP contribution in [0.25, 0.3) is 0 Å². The van der Waals surface area contributed by atoms with E-state index in [1.165, 1.54) is 12.1 Å². The van der Waals surface area contributed by atoms with Crippen molar-refractivity contribution in [1.82, 2.24) is 0 Å². The number of Topliss-reactive ketones (excluding diaryl/α,β-unsaturated/α-hetero) is 2. The van der Waals surface area contributed by atoms with Crippen molar-refractivity contribution in [2.45, 2.75) is 32.1 Å². The number of fused-ring (bicyclic) bond motifs is 2. The van der Waals surface area contributed by atoms with E-state index in [0.29, 0.717) is 29.0 Å². The summed E-state index contributed by atoms with van der Waals surface area (Å²) in [5.41, 5.74) is 5.63. The number of rotatable bonds is 6. The molecule has 0 spiro atoms. The summed E-state index contributed by atoms with van der Waals surface area (Å²) in [5, 5.41) is 0. The smallest absolute Gasteiger partial charge is 0.347 e. The summed E-state index contributed by atoms with van der Waals surface area (Å²) in [6.45, 7) is 4.31. The lowest BCUT2D eigenvalue weighted by Crippen LogP contribution is -2.18. The van der Waals surface area contributed by atoms with E-state index >= 15 is 0 Å². The average Bonchev–Trinajstić information content (AvgIpc) is 3.37. The Morgan fingerprint density at radius 1 is 0.615 bits per heavy atom. The standard InChI is InChI=1S/C33H24O6/c1-33(2,21-6-3-19(4-7-21)15-20-5-13-25-27(16-20)30(35)18-29(25)34)22-8-10-23(11-9-22)38-24-12-14-26-28(17-24)32(37)39-31(26)36/h3-14,16-17H,15,18H2,1-2H3. The molecule has 1 heterocycles. The van der Waals surface area contributed by atoms with E-state index in [0.717, 1.165) is 22.3 Å². The highest BCUT2D eigenvalue weighted by molar-refractivity contribution is 6.24. The molecule has 0 fully saturated rings. The topological polar surface area (TPSA) is 86.7 Å². The predicted molar refractivity (Wildman–Crippen MR) is 144 cm³/mol. The highest BCUT2D eigenvalue weighted by atomic mass is 16.6. The van der Waals surface area contributed by atoms with Crippen LogP contribution in [0.3, 0.4) is 0 Å². The Bertz CT molecular complexity index is 1550. The first kappa shape index (κ1) is 24.5. The van der Waals surface area contributed by atoms with Crippen LogP contribution in [0.2, 0.25) is 0 Å². The van der Waals surface area contributed by atoms with Gasteiger partial charge in [0.25, 0.3) is 0 Å². The summed E-state index contributed by atoms with van der Waals surface area (Å²) in [4.78, 5) is 47.5. The first-order chi connectivity index (χ1) is 18.7. The number of carbonyl (C=O) groups excluding carboxylic acids is 4. The number of hydrogen-bond donors (Lipinski definition) is 0. The lowest BCUT2D eigenvalue weighted by atomic mass is 9.78. The fourth-order valence-corrected chi connectivity index (χ4v) is 5.16. The van der Waals surface area contributed by atoms with Gasteiger partial charge in [0.15, 0.2) is 11.6 Å². The zero-order valence-electron chi connectivity index (χ0n) is 21.4. The van der Waals surface area contributed by atoms with Gasteiger partial charge in [-0.25, -0.2) is 9.59 Å². The third-order valence-electron chi connectivity index (χ3n) is 7.52. The van der Waals surface area contributed by atoms with Crippen LogP contribution >= 0.6 is 0 Å². The molecule has 1 aliphatic carbocycles. The Hall–Kier alpha value is -4.84. The van der Waals surface area contributed by atoms with Gasteiger partial charge in [-0.1, -0.05) is 62.4 Å². The number of hydrogen-bond acceptors (Lipinski definition) is 6. The van der Waals surface area contributed by atoms with Gasteiger partial charge < -0.3 is 9.47 Å². The Morgan fingerprint density at radius 3 is 1.90 bits per heavy atom. The zero-order valence-corrected chi connectivity index (χ0v) is 21.4. The number of carbonyl (C=O) groups is 4. The molecule has 2 aliphatic rings. The first-order valence-corrected chi connectivity index (χ1v) is 12.7. The van der Waals surface area contributed by atoms with E-state index in [9.17, 15) is 19.2 Å². The van der Waals surface area contributed by atoms with Crippen molar-refractivity contribution < 1.29 is 28.7 Å². The maximum Gasteiger partial charge on any atom is 0.347 e. The van der Waals surface area contributed by atoms with Crippen molar-refractivity contribution in [1.29, 1.82) is 0 Å². The minimum Gasteiger partial charge on any atom is -0.457 e. The van der Waals surface area contributed by atoms with Gasteiger partial charge in [0.1, 0.15) is 11.5 Å². The SMILES string of the molecule is CC(C)(c1ccc(Cc2ccc3c(c2)C(=O)CC3=O)cc1)c1ccc(Oc2ccc3c(c2)C(=O)OC3=O)cc1. The molecule has 192 valence electrons. The van der Waals surface area contributed by atoms with Gasteiger partial charge in [-0.05, 0) is 65.1 Å². The molecule has 4 aromatic rings. The molecule has 0 unspecified atom stereocenters. The number of benzene rings is 4. The third-order valence-corrected chi connectivity index (χ3v) is 7.52. The lowest BCUT2D eigenvalue weighted by Gasteiger charge is -2.26. The van der Waals surface area contributed by atoms with Crippen LogP contribution in [-0.4, -0.2) is 23.5 Å². The summed E-state index contributed by atoms with van der Waals surface area (Å²) in [5.74, 6) is -0.445. The van der Waals surface area contributed by atoms with E-state index < -0.39 is 11.9 Å². The normalized spacial score (nSPS) is 14.3. The van der Waals surface area contributed by atoms with Crippen molar-refractivity contribution in [2.75, 3.05) is 0 Å². The van der Waals surface area contributed by atoms with Gasteiger partial charge in [-0.15, -0.1) is 0 Å². The van der Waals surface area contributed by atoms with Crippen LogP contribution < -0.4 is 4.74 Å². The second-order valence-electron chi connectivity index (χ2n) is 10.4. The predicted octanol–water partition coefficient (Wildman–Crippen LogP) is 6.48. The monoisotopic (exact) mass is 516 g/mol. The van der Waals surface area contributed by atoms with Crippen LogP contribution in [-0.2, 0) is 16.6 Å². The fourth-order valence-electron chi connectivity index (χ4n) is 5.16. The maximum atomic E-state index is 12.1. The quantitative estimate of drug-likeness (QED) is 0.215. The van der Waals surface area contributed by atoms with E-state index in [1.54, 1.807) is 12.1 Å². The Morgan fingerprint density at radius 2 is 1.18 bits per heavy atom. The van der Waals surface area contributed by atoms with E-state index in [1.807, 2.05) is 36.4 Å². The summed E-state index contributed by atoms with van der Waals surface area (Å²) < 4.78 is 10.5. The molecule has 6 rings (SSSR count). The Labute approximate surface area is 225 Å². The Kier molecular flexibility index (Phi) is 5.76. The highest BCUT2D eigenvalue weighted by Crippen LogP contribution is 2.34. The van der Waals surface area contributed by atoms with Gasteiger partial charge in [-0.2, -0.15) is 0 Å². The number of ketones is 2. The molecule has 0 saturated carbocycles. The van der Waals surface area contributed by atoms with Crippen molar-refractivity contribution in [3.8, 4) is 11.5 Å². The van der Waals surface area contributed by atoms with Crippen molar-refractivity contribution in [3.05, 3.63) is 129 Å². The molecule has 39 heavy (non-hydrogen) atoms. The molecular formula is C33H24O6. The van der Waals surface area contributed by atoms with Crippen LogP contribution in [0.5, 0.6) is 11.5 Å². The van der Waals surface area contributed by atoms with Crippen LogP contribution in [0.15, 0.2) is 84.9 Å². The number of ether oxygens (including phenoxy) is 2. The summed E-state index contributed by atoms with van der Waals surface area (Å²) in [6.07, 6.45) is 0.651. The first-order valence-electron chi connectivity index (χ1n) is 12.7. The molecule has 1 aliphatic heterocycles. The molecular weight excluding hydrogens is 492 g/mol. The maximum absolute atomic E-state index is 12.1. The van der Waals surface area contributed by atoms with Gasteiger partial charge in [0, 0.05) is 16.5 Å². The second kappa shape index (κ2) is 9.17. The molecule has 0 N–H and O–H groups in total. The molecule has 0 amide bonds. The second-order valence-corrected chi connectivity index (χ2v) is 10.4. The van der Waals surface area contributed by atoms with Crippen molar-refractivity contribution in [2.24, 2.45) is 0 Å². The molecule has 0 aromatic heterocycles.